The number of hydrogen-bond acceptors (Lipinski definition) is 4. The molecule has 2 aromatic rings. The summed E-state index contributed by atoms with van der Waals surface area (Å²) in [5.74, 6) is 0.681. The lowest BCUT2D eigenvalue weighted by Gasteiger charge is -2.09. The minimum Gasteiger partial charge on any atom is -0.492 e. The monoisotopic (exact) mass is 313 g/mol. The van der Waals surface area contributed by atoms with E-state index in [1.807, 2.05) is 0 Å². The number of rotatable bonds is 5. The van der Waals surface area contributed by atoms with Crippen LogP contribution in [0, 0.1) is 0 Å². The van der Waals surface area contributed by atoms with Crippen molar-refractivity contribution < 1.29 is 4.74 Å². The normalized spacial score (nSPS) is 10.3. The van der Waals surface area contributed by atoms with Gasteiger partial charge in [-0.2, -0.15) is 5.10 Å². The Labute approximate surface area is 126 Å². The number of anilines is 1. The maximum atomic E-state index is 11.9. The molecular formula is C13H13Cl2N3O2. The Balaban J connectivity index is 1.99. The quantitative estimate of drug-likeness (QED) is 0.922. The van der Waals surface area contributed by atoms with E-state index >= 15 is 0 Å². The molecule has 0 aliphatic heterocycles. The molecule has 0 fully saturated rings. The van der Waals surface area contributed by atoms with Gasteiger partial charge in [-0.1, -0.05) is 23.2 Å². The largest absolute Gasteiger partial charge is 0.492 e. The molecular weight excluding hydrogens is 301 g/mol. The summed E-state index contributed by atoms with van der Waals surface area (Å²) in [4.78, 5) is 11.9. The maximum absolute atomic E-state index is 11.9. The number of nitrogens with one attached hydrogen (secondary N) is 1. The van der Waals surface area contributed by atoms with Crippen LogP contribution in [-0.2, 0) is 6.54 Å². The second kappa shape index (κ2) is 6.63. The SMILES string of the molecule is CNc1cnn(CCOc2ccc(Cl)cc2)c(=O)c1Cl. The summed E-state index contributed by atoms with van der Waals surface area (Å²) in [6.45, 7) is 0.620. The highest BCUT2D eigenvalue weighted by molar-refractivity contribution is 6.32. The van der Waals surface area contributed by atoms with Crippen LogP contribution in [-0.4, -0.2) is 23.4 Å². The summed E-state index contributed by atoms with van der Waals surface area (Å²) in [5.41, 5.74) is 0.157. The molecule has 0 saturated heterocycles. The average Bonchev–Trinajstić information content (AvgIpc) is 2.46. The minimum atomic E-state index is -0.349. The molecule has 1 N–H and O–H groups in total. The van der Waals surface area contributed by atoms with E-state index in [1.54, 1.807) is 31.3 Å². The van der Waals surface area contributed by atoms with Gasteiger partial charge in [0.15, 0.2) is 0 Å². The van der Waals surface area contributed by atoms with Crippen LogP contribution in [0.25, 0.3) is 0 Å². The molecule has 0 bridgehead atoms. The Kier molecular flexibility index (Phi) is 4.87. The van der Waals surface area contributed by atoms with Crippen LogP contribution in [0.4, 0.5) is 5.69 Å². The van der Waals surface area contributed by atoms with Gasteiger partial charge < -0.3 is 10.1 Å². The van der Waals surface area contributed by atoms with Crippen molar-refractivity contribution in [2.75, 3.05) is 19.0 Å². The fraction of sp³-hybridized carbons (Fsp3) is 0.231. The lowest BCUT2D eigenvalue weighted by Crippen LogP contribution is -2.26. The van der Waals surface area contributed by atoms with E-state index in [0.29, 0.717) is 29.6 Å². The first-order chi connectivity index (χ1) is 9.61. The zero-order chi connectivity index (χ0) is 14.5. The summed E-state index contributed by atoms with van der Waals surface area (Å²) in [6, 6.07) is 6.99. The summed E-state index contributed by atoms with van der Waals surface area (Å²) in [5, 5.41) is 7.57. The van der Waals surface area contributed by atoms with Crippen LogP contribution in [0.3, 0.4) is 0 Å². The van der Waals surface area contributed by atoms with Crippen LogP contribution in [0.15, 0.2) is 35.3 Å². The highest BCUT2D eigenvalue weighted by Crippen LogP contribution is 2.16. The predicted molar refractivity (Wildman–Crippen MR) is 80.0 cm³/mol. The van der Waals surface area contributed by atoms with Gasteiger partial charge >= 0.3 is 0 Å². The molecule has 0 amide bonds. The standard InChI is InChI=1S/C13H13Cl2N3O2/c1-16-11-8-17-18(13(19)12(11)15)6-7-20-10-4-2-9(14)3-5-10/h2-5,8,16H,6-7H2,1H3. The molecule has 5 nitrogen and oxygen atoms in total. The summed E-state index contributed by atoms with van der Waals surface area (Å²) >= 11 is 11.7. The molecule has 0 aliphatic carbocycles. The fourth-order valence-electron chi connectivity index (χ4n) is 1.58. The van der Waals surface area contributed by atoms with Crippen LogP contribution in [0.1, 0.15) is 0 Å². The Hall–Kier alpha value is -1.72. The highest BCUT2D eigenvalue weighted by Gasteiger charge is 2.07. The lowest BCUT2D eigenvalue weighted by atomic mass is 10.3. The number of halogens is 2. The molecule has 0 radical (unpaired) electrons. The number of ether oxygens (including phenoxy) is 1. The Morgan fingerprint density at radius 1 is 1.30 bits per heavy atom. The molecule has 1 heterocycles. The maximum Gasteiger partial charge on any atom is 0.287 e. The van der Waals surface area contributed by atoms with Crippen molar-refractivity contribution in [3.05, 3.63) is 50.9 Å². The Bertz CT molecular complexity index is 641. The van der Waals surface area contributed by atoms with Gasteiger partial charge in [0, 0.05) is 12.1 Å². The van der Waals surface area contributed by atoms with Gasteiger partial charge in [-0.15, -0.1) is 0 Å². The molecule has 20 heavy (non-hydrogen) atoms. The predicted octanol–water partition coefficient (Wildman–Crippen LogP) is 2.67. The van der Waals surface area contributed by atoms with E-state index in [-0.39, 0.29) is 10.6 Å². The van der Waals surface area contributed by atoms with Crippen molar-refractivity contribution in [2.45, 2.75) is 6.54 Å². The van der Waals surface area contributed by atoms with Crippen molar-refractivity contribution in [3.8, 4) is 5.75 Å². The third-order valence-electron chi connectivity index (χ3n) is 2.64. The number of aromatic nitrogens is 2. The van der Waals surface area contributed by atoms with Gasteiger partial charge in [0.1, 0.15) is 17.4 Å². The molecule has 106 valence electrons. The van der Waals surface area contributed by atoms with Gasteiger partial charge in [0.25, 0.3) is 5.56 Å². The van der Waals surface area contributed by atoms with Crippen molar-refractivity contribution >= 4 is 28.9 Å². The molecule has 1 aromatic heterocycles. The first kappa shape index (κ1) is 14.7. The van der Waals surface area contributed by atoms with E-state index in [0.717, 1.165) is 0 Å². The molecule has 0 saturated carbocycles. The fourth-order valence-corrected chi connectivity index (χ4v) is 1.95. The van der Waals surface area contributed by atoms with Gasteiger partial charge in [-0.25, -0.2) is 4.68 Å². The third-order valence-corrected chi connectivity index (χ3v) is 3.26. The van der Waals surface area contributed by atoms with Crippen LogP contribution >= 0.6 is 23.2 Å². The second-order valence-electron chi connectivity index (χ2n) is 3.95. The van der Waals surface area contributed by atoms with Crippen molar-refractivity contribution in [3.63, 3.8) is 0 Å². The molecule has 0 aliphatic rings. The van der Waals surface area contributed by atoms with E-state index in [9.17, 15) is 4.79 Å². The van der Waals surface area contributed by atoms with Crippen molar-refractivity contribution in [1.82, 2.24) is 9.78 Å². The molecule has 2 rings (SSSR count). The first-order valence-electron chi connectivity index (χ1n) is 5.93. The van der Waals surface area contributed by atoms with Crippen molar-refractivity contribution in [2.24, 2.45) is 0 Å². The van der Waals surface area contributed by atoms with E-state index in [4.69, 9.17) is 27.9 Å². The van der Waals surface area contributed by atoms with Gasteiger partial charge in [-0.3, -0.25) is 4.79 Å². The number of benzene rings is 1. The Morgan fingerprint density at radius 2 is 2.00 bits per heavy atom. The minimum absolute atomic E-state index is 0.119. The molecule has 0 spiro atoms. The highest BCUT2D eigenvalue weighted by atomic mass is 35.5. The van der Waals surface area contributed by atoms with E-state index < -0.39 is 0 Å². The smallest absolute Gasteiger partial charge is 0.287 e. The summed E-state index contributed by atoms with van der Waals surface area (Å²) in [7, 11) is 1.68. The van der Waals surface area contributed by atoms with Crippen LogP contribution in [0.2, 0.25) is 10.0 Å². The van der Waals surface area contributed by atoms with Gasteiger partial charge in [-0.05, 0) is 24.3 Å². The topological polar surface area (TPSA) is 56.1 Å². The zero-order valence-electron chi connectivity index (χ0n) is 10.8. The summed E-state index contributed by atoms with van der Waals surface area (Å²) < 4.78 is 6.76. The van der Waals surface area contributed by atoms with Gasteiger partial charge in [0.2, 0.25) is 0 Å². The number of nitrogens with zero attached hydrogens (tertiary/aromatic N) is 2. The molecule has 1 aromatic carbocycles. The van der Waals surface area contributed by atoms with E-state index in [2.05, 4.69) is 10.4 Å². The van der Waals surface area contributed by atoms with Crippen LogP contribution < -0.4 is 15.6 Å². The van der Waals surface area contributed by atoms with Gasteiger partial charge in [0.05, 0.1) is 18.4 Å². The van der Waals surface area contributed by atoms with Crippen molar-refractivity contribution in [1.29, 1.82) is 0 Å². The number of hydrogen-bond donors (Lipinski definition) is 1. The summed E-state index contributed by atoms with van der Waals surface area (Å²) in [6.07, 6.45) is 1.51. The van der Waals surface area contributed by atoms with Crippen LogP contribution in [0.5, 0.6) is 5.75 Å². The lowest BCUT2D eigenvalue weighted by molar-refractivity contribution is 0.288. The molecule has 7 heteroatoms. The Morgan fingerprint density at radius 3 is 2.65 bits per heavy atom. The molecule has 0 unspecified atom stereocenters. The molecule has 0 atom stereocenters. The third kappa shape index (κ3) is 3.43. The average molecular weight is 314 g/mol. The van der Waals surface area contributed by atoms with E-state index in [1.165, 1.54) is 10.9 Å². The zero-order valence-corrected chi connectivity index (χ0v) is 12.3. The first-order valence-corrected chi connectivity index (χ1v) is 6.69. The second-order valence-corrected chi connectivity index (χ2v) is 4.77.